The summed E-state index contributed by atoms with van der Waals surface area (Å²) in [6, 6.07) is 84.3. The molecular weight excluding hydrogens is 1910 g/mol. The van der Waals surface area contributed by atoms with E-state index in [0.29, 0.717) is 77.5 Å². The summed E-state index contributed by atoms with van der Waals surface area (Å²) < 4.78 is 33.5. The molecule has 0 aliphatic heterocycles. The zero-order valence-electron chi connectivity index (χ0n) is 73.6. The first-order valence-electron chi connectivity index (χ1n) is 40.6. The zero-order chi connectivity index (χ0) is 94.0. The third-order valence-corrected chi connectivity index (χ3v) is 28.0. The van der Waals surface area contributed by atoms with Gasteiger partial charge in [0.05, 0.1) is 71.5 Å². The first kappa shape index (κ1) is 97.0. The highest BCUT2D eigenvalue weighted by Gasteiger charge is 2.20. The molecule has 9 aromatic heterocycles. The molecule has 0 aliphatic rings. The van der Waals surface area contributed by atoms with Crippen molar-refractivity contribution in [1.82, 2.24) is 27.4 Å². The number of benzene rings is 9. The molecule has 133 heavy (non-hydrogen) atoms. The molecule has 0 saturated carbocycles. The fourth-order valence-electron chi connectivity index (χ4n) is 13.0. The fourth-order valence-corrected chi connectivity index (χ4v) is 20.0. The van der Waals surface area contributed by atoms with Crippen LogP contribution in [-0.2, 0) is 42.3 Å². The molecule has 672 valence electrons. The van der Waals surface area contributed by atoms with E-state index in [1.165, 1.54) is 135 Å². The van der Waals surface area contributed by atoms with E-state index in [-0.39, 0.29) is 41.2 Å². The number of hydrogen-bond donors (Lipinski definition) is 0. The molecule has 22 nitrogen and oxygen atoms in total. The predicted octanol–water partition coefficient (Wildman–Crippen LogP) is 22.7. The molecule has 0 aliphatic carbocycles. The molecular formula is C101H86BrClN12O10S8. The van der Waals surface area contributed by atoms with Gasteiger partial charge in [-0.25, -0.2) is 0 Å². The number of carbonyl (C=O) groups is 6. The molecule has 0 bridgehead atoms. The van der Waals surface area contributed by atoms with Crippen molar-refractivity contribution in [3.63, 3.8) is 0 Å². The number of amides is 6. The summed E-state index contributed by atoms with van der Waals surface area (Å²) in [5, 5.41) is 16.4. The second-order valence-electron chi connectivity index (χ2n) is 28.8. The summed E-state index contributed by atoms with van der Waals surface area (Å²) in [6.07, 6.45) is 1.46. The van der Waals surface area contributed by atoms with Gasteiger partial charge in [-0.15, -0.1) is 90.7 Å². The van der Waals surface area contributed by atoms with E-state index in [9.17, 15) is 28.8 Å². The van der Waals surface area contributed by atoms with Gasteiger partial charge < -0.3 is 46.0 Å². The average molecular weight is 2000 g/mol. The van der Waals surface area contributed by atoms with Crippen molar-refractivity contribution < 1.29 is 47.4 Å². The first-order chi connectivity index (χ1) is 64.4. The largest absolute Gasteiger partial charge is 0.493 e. The van der Waals surface area contributed by atoms with Crippen molar-refractivity contribution in [2.45, 2.75) is 13.8 Å². The number of thiophene rings is 2. The molecule has 0 saturated heterocycles. The molecule has 32 heteroatoms. The number of nitrogens with zero attached hydrogens (tertiary/aromatic N) is 12. The zero-order valence-corrected chi connectivity index (χ0v) is 82.4. The molecule has 0 N–H and O–H groups in total. The van der Waals surface area contributed by atoms with E-state index < -0.39 is 0 Å². The van der Waals surface area contributed by atoms with Gasteiger partial charge in [-0.3, -0.25) is 28.8 Å². The number of carbonyl (C=O) groups excluding carboxylic acids is 6. The maximum atomic E-state index is 12.7. The van der Waals surface area contributed by atoms with Gasteiger partial charge in [0.2, 0.25) is 5.75 Å². The van der Waals surface area contributed by atoms with E-state index in [2.05, 4.69) is 83.3 Å². The van der Waals surface area contributed by atoms with E-state index in [1.807, 2.05) is 283 Å². The Morgan fingerprint density at radius 2 is 0.639 bits per heavy atom. The average Bonchev–Trinajstić information content (AvgIpc) is 1.33. The highest BCUT2D eigenvalue weighted by Crippen LogP contribution is 2.39. The summed E-state index contributed by atoms with van der Waals surface area (Å²) in [5.41, 5.74) is 16.9. The van der Waals surface area contributed by atoms with Crippen LogP contribution in [0.1, 0.15) is 72.1 Å². The van der Waals surface area contributed by atoms with E-state index in [1.54, 1.807) is 72.8 Å². The molecule has 9 aromatic carbocycles. The van der Waals surface area contributed by atoms with Crippen molar-refractivity contribution in [1.29, 1.82) is 0 Å². The lowest BCUT2D eigenvalue weighted by molar-refractivity contribution is 0.0967. The molecule has 0 spiro atoms. The Morgan fingerprint density at radius 3 is 0.947 bits per heavy atom. The molecule has 6 amide bonds. The van der Waals surface area contributed by atoms with Gasteiger partial charge in [0.15, 0.2) is 46.1 Å². The smallest absolute Gasteiger partial charge is 0.315 e. The standard InChI is InChI=1S/C20H20N2O4S.C17H13BrN2OS.C17H13ClN2OS.C17H16N2OS2.C15H12N2O2S.C15H12N2OS2/c1-22-15(13-8-6-5-7-9-13)12-27-20(22)21-19(23)14-10-16(24-2)18(26-4)17(11-14)25-3;2*1-20-15(12-5-3-2-4-6-12)11-22-17(20)19-16(21)13-7-9-14(18)10-8-13;1-11-6-7-13(12(2)9-11)14-10-22-17(19(14)3)18-16(20)15-5-4-8-21-15;2*1-17-12(11-6-3-2-4-7-11)10-20-15(17)16-14(18)13-8-5-9-19-13/h5-12H,1-4H3;2*2-11H,1H3;4-10H,1-3H3;2*2-10H,1H3. The minimum atomic E-state index is -0.383. The Kier molecular flexibility index (Phi) is 34.3. The molecule has 18 aromatic rings. The predicted molar refractivity (Wildman–Crippen MR) is 540 cm³/mol. The van der Waals surface area contributed by atoms with Crippen LogP contribution in [0, 0.1) is 13.8 Å². The lowest BCUT2D eigenvalue weighted by Gasteiger charge is -2.12. The Hall–Kier alpha value is -13.6. The number of furan rings is 1. The molecule has 0 fully saturated rings. The van der Waals surface area contributed by atoms with Crippen molar-refractivity contribution in [2.24, 2.45) is 72.2 Å². The third kappa shape index (κ3) is 25.2. The van der Waals surface area contributed by atoms with Crippen LogP contribution >= 0.6 is 118 Å². The van der Waals surface area contributed by atoms with Crippen LogP contribution in [0.3, 0.4) is 0 Å². The number of aryl methyl sites for hydroxylation is 2. The normalized spacial score (nSPS) is 11.6. The molecule has 0 atom stereocenters. The van der Waals surface area contributed by atoms with Crippen molar-refractivity contribution in [2.75, 3.05) is 21.3 Å². The van der Waals surface area contributed by atoms with Crippen LogP contribution < -0.4 is 43.0 Å². The number of rotatable bonds is 15. The summed E-state index contributed by atoms with van der Waals surface area (Å²) in [5.74, 6) is -0.107. The maximum Gasteiger partial charge on any atom is 0.315 e. The van der Waals surface area contributed by atoms with E-state index >= 15 is 0 Å². The van der Waals surface area contributed by atoms with E-state index in [0.717, 1.165) is 66.5 Å². The lowest BCUT2D eigenvalue weighted by Crippen LogP contribution is -2.14. The number of aromatic nitrogens is 6. The first-order valence-corrected chi connectivity index (χ1v) is 48.8. The van der Waals surface area contributed by atoms with Crippen LogP contribution in [0.25, 0.3) is 67.5 Å². The highest BCUT2D eigenvalue weighted by atomic mass is 79.9. The van der Waals surface area contributed by atoms with Crippen molar-refractivity contribution in [3.8, 4) is 84.8 Å². The second kappa shape index (κ2) is 47.0. The summed E-state index contributed by atoms with van der Waals surface area (Å²) >= 11 is 20.7. The highest BCUT2D eigenvalue weighted by molar-refractivity contribution is 9.10. The number of halogens is 2. The molecule has 0 radical (unpaired) electrons. The van der Waals surface area contributed by atoms with Crippen molar-refractivity contribution >= 4 is 154 Å². The maximum absolute atomic E-state index is 12.7. The van der Waals surface area contributed by atoms with Crippen LogP contribution in [0.2, 0.25) is 5.02 Å². The number of hydrogen-bond acceptors (Lipinski definition) is 18. The third-order valence-electron chi connectivity index (χ3n) is 20.0. The second-order valence-corrected chi connectivity index (χ2v) is 37.1. The minimum Gasteiger partial charge on any atom is -0.493 e. The van der Waals surface area contributed by atoms with Crippen LogP contribution in [0.4, 0.5) is 0 Å². The summed E-state index contributed by atoms with van der Waals surface area (Å²) in [6.45, 7) is 4.19. The van der Waals surface area contributed by atoms with Gasteiger partial charge in [-0.2, -0.15) is 30.0 Å². The number of methoxy groups -OCH3 is 3. The van der Waals surface area contributed by atoms with Crippen LogP contribution in [-0.4, -0.2) is 84.2 Å². The van der Waals surface area contributed by atoms with E-state index in [4.69, 9.17) is 30.2 Å². The lowest BCUT2D eigenvalue weighted by atomic mass is 10.0. The quantitative estimate of drug-likeness (QED) is 0.0939. The van der Waals surface area contributed by atoms with Crippen LogP contribution in [0.5, 0.6) is 17.2 Å². The summed E-state index contributed by atoms with van der Waals surface area (Å²) in [4.78, 5) is 104. The Bertz CT molecular complexity index is 7200. The van der Waals surface area contributed by atoms with Gasteiger partial charge in [-0.05, 0) is 143 Å². The van der Waals surface area contributed by atoms with Gasteiger partial charge >= 0.3 is 5.91 Å². The Morgan fingerprint density at radius 1 is 0.323 bits per heavy atom. The SMILES string of the molecule is COc1cc(C(=O)N=c2scc(-c3ccccc3)n2C)cc(OC)c1OC.Cc1ccc(-c2csc(=NC(=O)c3cccs3)n2C)c(C)c1.Cn1c(-c2ccccc2)csc1=NC(=O)c1ccc(Br)cc1.Cn1c(-c2ccccc2)csc1=NC(=O)c1ccc(Cl)cc1.Cn1c(-c2ccccc2)csc1=NC(=O)c1ccco1.Cn1c(-c2ccccc2)csc1=NC(=O)c1cccs1. The minimum absolute atomic E-state index is 0.181. The topological polar surface area (TPSA) is 247 Å². The monoisotopic (exact) mass is 2000 g/mol. The summed E-state index contributed by atoms with van der Waals surface area (Å²) in [7, 11) is 16.0. The Balaban J connectivity index is 0.000000136. The molecule has 18 rings (SSSR count). The number of ether oxygens (including phenoxy) is 3. The molecule has 0 unspecified atom stereocenters. The van der Waals surface area contributed by atoms with Gasteiger partial charge in [0, 0.05) is 106 Å². The van der Waals surface area contributed by atoms with Gasteiger partial charge in [0.25, 0.3) is 29.5 Å². The van der Waals surface area contributed by atoms with Gasteiger partial charge in [-0.1, -0.05) is 215 Å². The van der Waals surface area contributed by atoms with Crippen LogP contribution in [0.15, 0.2) is 355 Å². The Labute approximate surface area is 811 Å². The molecule has 9 heterocycles. The van der Waals surface area contributed by atoms with Crippen molar-refractivity contribution in [3.05, 3.63) is 398 Å². The number of thiazole rings is 6. The fraction of sp³-hybridized carbons (Fsp3) is 0.109. The van der Waals surface area contributed by atoms with Gasteiger partial charge in [0.1, 0.15) is 0 Å².